The molecule has 1 aromatic heterocycles. The van der Waals surface area contributed by atoms with E-state index < -0.39 is 0 Å². The van der Waals surface area contributed by atoms with Gasteiger partial charge < -0.3 is 4.74 Å². The second-order valence-corrected chi connectivity index (χ2v) is 6.64. The van der Waals surface area contributed by atoms with E-state index in [4.69, 9.17) is 4.74 Å². The van der Waals surface area contributed by atoms with Gasteiger partial charge in [-0.25, -0.2) is 0 Å². The van der Waals surface area contributed by atoms with Gasteiger partial charge >= 0.3 is 5.97 Å². The molecule has 3 aliphatic carbocycles. The number of ether oxygens (including phenoxy) is 1. The van der Waals surface area contributed by atoms with Crippen LogP contribution in [0, 0.1) is 10.8 Å². The zero-order chi connectivity index (χ0) is 14.0. The van der Waals surface area contributed by atoms with E-state index in [0.29, 0.717) is 5.41 Å². The van der Waals surface area contributed by atoms with Gasteiger partial charge in [-0.3, -0.25) is 9.48 Å². The minimum atomic E-state index is -0.132. The van der Waals surface area contributed by atoms with Gasteiger partial charge in [-0.05, 0) is 48.8 Å². The first-order valence-corrected chi connectivity index (χ1v) is 7.05. The molecule has 0 N–H and O–H groups in total. The topological polar surface area (TPSA) is 44.1 Å². The van der Waals surface area contributed by atoms with E-state index in [9.17, 15) is 4.79 Å². The SMILES string of the molecule is COC(=O)C12CC(Cc3ccc4c(cnn4C)c3)(C1)C2. The fourth-order valence-electron chi connectivity index (χ4n) is 4.37. The summed E-state index contributed by atoms with van der Waals surface area (Å²) in [7, 11) is 3.45. The van der Waals surface area contributed by atoms with Gasteiger partial charge in [0.15, 0.2) is 0 Å². The normalized spacial score (nSPS) is 30.7. The third kappa shape index (κ3) is 1.42. The molecule has 0 atom stereocenters. The van der Waals surface area contributed by atoms with Crippen LogP contribution in [-0.4, -0.2) is 22.9 Å². The Labute approximate surface area is 117 Å². The molecule has 1 aromatic carbocycles. The van der Waals surface area contributed by atoms with Crippen LogP contribution in [0.25, 0.3) is 10.9 Å². The van der Waals surface area contributed by atoms with E-state index in [1.165, 1.54) is 18.1 Å². The van der Waals surface area contributed by atoms with Crippen molar-refractivity contribution in [1.82, 2.24) is 9.78 Å². The molecule has 5 rings (SSSR count). The number of methoxy groups -OCH3 is 1. The van der Waals surface area contributed by atoms with Crippen LogP contribution < -0.4 is 0 Å². The van der Waals surface area contributed by atoms with Crippen molar-refractivity contribution >= 4 is 16.9 Å². The summed E-state index contributed by atoms with van der Waals surface area (Å²) in [6.07, 6.45) is 5.97. The molecular weight excluding hydrogens is 252 g/mol. The predicted molar refractivity (Wildman–Crippen MR) is 75.2 cm³/mol. The van der Waals surface area contributed by atoms with Crippen LogP contribution >= 0.6 is 0 Å². The monoisotopic (exact) mass is 270 g/mol. The van der Waals surface area contributed by atoms with Gasteiger partial charge in [0.25, 0.3) is 0 Å². The molecule has 2 bridgehead atoms. The molecule has 1 heterocycles. The summed E-state index contributed by atoms with van der Waals surface area (Å²) in [6, 6.07) is 6.56. The first-order valence-electron chi connectivity index (χ1n) is 7.05. The van der Waals surface area contributed by atoms with Crippen LogP contribution in [0.5, 0.6) is 0 Å². The fraction of sp³-hybridized carbons (Fsp3) is 0.500. The standard InChI is InChI=1S/C16H18N2O2/c1-18-13-4-3-11(5-12(13)7-17-18)6-15-8-16(9-15,10-15)14(19)20-2/h3-5,7H,6,8-10H2,1-2H3. The van der Waals surface area contributed by atoms with Crippen LogP contribution in [0.15, 0.2) is 24.4 Å². The third-order valence-corrected chi connectivity index (χ3v) is 5.15. The Kier molecular flexibility index (Phi) is 2.16. The van der Waals surface area contributed by atoms with Crippen molar-refractivity contribution in [3.8, 4) is 0 Å². The summed E-state index contributed by atoms with van der Waals surface area (Å²) < 4.78 is 6.80. The Morgan fingerprint density at radius 2 is 2.15 bits per heavy atom. The number of rotatable bonds is 3. The summed E-state index contributed by atoms with van der Waals surface area (Å²) in [6.45, 7) is 0. The van der Waals surface area contributed by atoms with Crippen molar-refractivity contribution in [2.75, 3.05) is 7.11 Å². The zero-order valence-electron chi connectivity index (χ0n) is 11.8. The molecule has 2 aromatic rings. The van der Waals surface area contributed by atoms with Crippen LogP contribution in [0.4, 0.5) is 0 Å². The van der Waals surface area contributed by atoms with Gasteiger partial charge in [0.1, 0.15) is 0 Å². The number of aryl methyl sites for hydroxylation is 1. The number of fused-ring (bicyclic) bond motifs is 1. The van der Waals surface area contributed by atoms with E-state index in [2.05, 4.69) is 23.3 Å². The van der Waals surface area contributed by atoms with E-state index in [1.54, 1.807) is 0 Å². The van der Waals surface area contributed by atoms with Gasteiger partial charge in [0.05, 0.1) is 24.2 Å². The van der Waals surface area contributed by atoms with Gasteiger partial charge in [-0.2, -0.15) is 5.10 Å². The van der Waals surface area contributed by atoms with Crippen molar-refractivity contribution in [2.45, 2.75) is 25.7 Å². The van der Waals surface area contributed by atoms with Crippen molar-refractivity contribution < 1.29 is 9.53 Å². The Hall–Kier alpha value is -1.84. The molecule has 0 spiro atoms. The van der Waals surface area contributed by atoms with Gasteiger partial charge in [-0.1, -0.05) is 6.07 Å². The first kappa shape index (κ1) is 11.9. The molecule has 0 radical (unpaired) electrons. The number of hydrogen-bond acceptors (Lipinski definition) is 3. The summed E-state index contributed by atoms with van der Waals surface area (Å²) >= 11 is 0. The first-order chi connectivity index (χ1) is 9.56. The smallest absolute Gasteiger partial charge is 0.311 e. The third-order valence-electron chi connectivity index (χ3n) is 5.15. The van der Waals surface area contributed by atoms with Crippen molar-refractivity contribution in [3.63, 3.8) is 0 Å². The van der Waals surface area contributed by atoms with Crippen molar-refractivity contribution in [2.24, 2.45) is 17.9 Å². The van der Waals surface area contributed by atoms with Crippen LogP contribution in [0.3, 0.4) is 0 Å². The summed E-state index contributed by atoms with van der Waals surface area (Å²) in [5, 5.41) is 5.47. The van der Waals surface area contributed by atoms with Crippen molar-refractivity contribution in [1.29, 1.82) is 0 Å². The van der Waals surface area contributed by atoms with E-state index in [-0.39, 0.29) is 11.4 Å². The summed E-state index contributed by atoms with van der Waals surface area (Å²) in [5.74, 6) is -0.0120. The molecule has 20 heavy (non-hydrogen) atoms. The highest BCUT2D eigenvalue weighted by Gasteiger charge is 2.71. The van der Waals surface area contributed by atoms with Gasteiger partial charge in [0.2, 0.25) is 0 Å². The summed E-state index contributed by atoms with van der Waals surface area (Å²) in [5.41, 5.74) is 2.73. The fourth-order valence-corrected chi connectivity index (χ4v) is 4.37. The minimum Gasteiger partial charge on any atom is -0.469 e. The zero-order valence-corrected chi connectivity index (χ0v) is 11.8. The lowest BCUT2D eigenvalue weighted by Crippen LogP contribution is -2.66. The maximum atomic E-state index is 11.7. The maximum absolute atomic E-state index is 11.7. The highest BCUT2D eigenvalue weighted by molar-refractivity contribution is 5.81. The number of nitrogens with zero attached hydrogens (tertiary/aromatic N) is 2. The molecule has 0 amide bonds. The number of benzene rings is 1. The predicted octanol–water partition coefficient (Wildman–Crippen LogP) is 2.46. The largest absolute Gasteiger partial charge is 0.469 e. The lowest BCUT2D eigenvalue weighted by molar-refractivity contribution is -0.224. The van der Waals surface area contributed by atoms with Gasteiger partial charge in [-0.15, -0.1) is 0 Å². The average Bonchev–Trinajstić information content (AvgIpc) is 2.72. The van der Waals surface area contributed by atoms with E-state index in [0.717, 1.165) is 31.2 Å². The number of carbonyl (C=O) groups excluding carboxylic acids is 1. The van der Waals surface area contributed by atoms with Crippen LogP contribution in [0.2, 0.25) is 0 Å². The molecule has 0 saturated heterocycles. The van der Waals surface area contributed by atoms with Crippen LogP contribution in [0.1, 0.15) is 24.8 Å². The number of esters is 1. The molecule has 3 fully saturated rings. The Morgan fingerprint density at radius 1 is 1.40 bits per heavy atom. The van der Waals surface area contributed by atoms with E-state index in [1.807, 2.05) is 17.9 Å². The molecule has 0 aliphatic heterocycles. The molecule has 0 unspecified atom stereocenters. The minimum absolute atomic E-state index is 0.0120. The van der Waals surface area contributed by atoms with Crippen molar-refractivity contribution in [3.05, 3.63) is 30.0 Å². The second kappa shape index (κ2) is 3.62. The molecule has 3 saturated carbocycles. The molecule has 4 nitrogen and oxygen atoms in total. The number of carbonyl (C=O) groups is 1. The Balaban J connectivity index is 1.52. The van der Waals surface area contributed by atoms with Crippen LogP contribution in [-0.2, 0) is 23.0 Å². The molecular formula is C16H18N2O2. The average molecular weight is 270 g/mol. The second-order valence-electron chi connectivity index (χ2n) is 6.64. The Bertz CT molecular complexity index is 697. The molecule has 3 aliphatic rings. The lowest BCUT2D eigenvalue weighted by Gasteiger charge is -2.69. The van der Waals surface area contributed by atoms with E-state index >= 15 is 0 Å². The molecule has 4 heteroatoms. The maximum Gasteiger partial charge on any atom is 0.311 e. The number of aromatic nitrogens is 2. The van der Waals surface area contributed by atoms with Gasteiger partial charge in [0, 0.05) is 12.4 Å². The lowest BCUT2D eigenvalue weighted by atomic mass is 9.34. The number of hydrogen-bond donors (Lipinski definition) is 0. The summed E-state index contributed by atoms with van der Waals surface area (Å²) in [4.78, 5) is 11.7. The highest BCUT2D eigenvalue weighted by atomic mass is 16.5. The highest BCUT2D eigenvalue weighted by Crippen LogP contribution is 2.74. The Morgan fingerprint density at radius 3 is 2.85 bits per heavy atom. The molecule has 104 valence electrons. The quantitative estimate of drug-likeness (QED) is 0.805.